The molecule has 1 heterocycles. The highest BCUT2D eigenvalue weighted by atomic mass is 19.1. The molecule has 0 bridgehead atoms. The summed E-state index contributed by atoms with van der Waals surface area (Å²) in [6, 6.07) is 4.11. The SMILES string of the molecule is CC(C)(C)OC(=O)NCCCN1C(=O)CCOc2cc(F)ccc21. The first-order chi connectivity index (χ1) is 11.3. The van der Waals surface area contributed by atoms with Crippen molar-refractivity contribution in [1.82, 2.24) is 5.32 Å². The molecule has 1 aromatic carbocycles. The van der Waals surface area contributed by atoms with E-state index in [1.165, 1.54) is 18.2 Å². The third-order valence-electron chi connectivity index (χ3n) is 3.31. The van der Waals surface area contributed by atoms with Crippen LogP contribution in [0.2, 0.25) is 0 Å². The summed E-state index contributed by atoms with van der Waals surface area (Å²) < 4.78 is 23.9. The largest absolute Gasteiger partial charge is 0.491 e. The summed E-state index contributed by atoms with van der Waals surface area (Å²) in [7, 11) is 0. The highest BCUT2D eigenvalue weighted by Gasteiger charge is 2.23. The number of ether oxygens (including phenoxy) is 2. The molecule has 0 radical (unpaired) electrons. The fourth-order valence-electron chi connectivity index (χ4n) is 2.33. The van der Waals surface area contributed by atoms with Crippen LogP contribution in [0.3, 0.4) is 0 Å². The van der Waals surface area contributed by atoms with Crippen molar-refractivity contribution >= 4 is 17.7 Å². The van der Waals surface area contributed by atoms with Gasteiger partial charge in [0.05, 0.1) is 18.7 Å². The number of fused-ring (bicyclic) bond motifs is 1. The van der Waals surface area contributed by atoms with E-state index in [-0.39, 0.29) is 18.9 Å². The van der Waals surface area contributed by atoms with Crippen molar-refractivity contribution in [3.63, 3.8) is 0 Å². The van der Waals surface area contributed by atoms with Crippen molar-refractivity contribution in [2.45, 2.75) is 39.2 Å². The van der Waals surface area contributed by atoms with Crippen molar-refractivity contribution in [3.8, 4) is 5.75 Å². The second-order valence-electron chi connectivity index (χ2n) is 6.54. The number of amides is 2. The van der Waals surface area contributed by atoms with E-state index >= 15 is 0 Å². The summed E-state index contributed by atoms with van der Waals surface area (Å²) in [5, 5.41) is 2.65. The molecule has 0 atom stereocenters. The van der Waals surface area contributed by atoms with E-state index < -0.39 is 17.5 Å². The number of anilines is 1. The molecular formula is C17H23FN2O4. The molecule has 0 unspecified atom stereocenters. The van der Waals surface area contributed by atoms with Crippen LogP contribution >= 0.6 is 0 Å². The Labute approximate surface area is 140 Å². The van der Waals surface area contributed by atoms with Gasteiger partial charge in [0.1, 0.15) is 17.2 Å². The van der Waals surface area contributed by atoms with E-state index in [2.05, 4.69) is 5.32 Å². The van der Waals surface area contributed by atoms with Gasteiger partial charge in [0.25, 0.3) is 0 Å². The quantitative estimate of drug-likeness (QED) is 0.857. The Hall–Kier alpha value is -2.31. The van der Waals surface area contributed by atoms with E-state index in [1.54, 1.807) is 25.7 Å². The molecular weight excluding hydrogens is 315 g/mol. The normalized spacial score (nSPS) is 14.5. The van der Waals surface area contributed by atoms with Crippen LogP contribution in [0.5, 0.6) is 5.75 Å². The van der Waals surface area contributed by atoms with Crippen LogP contribution in [0, 0.1) is 5.82 Å². The number of carbonyl (C=O) groups excluding carboxylic acids is 2. The first-order valence-corrected chi connectivity index (χ1v) is 7.96. The van der Waals surface area contributed by atoms with Crippen molar-refractivity contribution < 1.29 is 23.5 Å². The minimum Gasteiger partial charge on any atom is -0.491 e. The summed E-state index contributed by atoms with van der Waals surface area (Å²) >= 11 is 0. The lowest BCUT2D eigenvalue weighted by Crippen LogP contribution is -2.36. The van der Waals surface area contributed by atoms with Gasteiger partial charge in [-0.3, -0.25) is 4.79 Å². The number of nitrogens with zero attached hydrogens (tertiary/aromatic N) is 1. The van der Waals surface area contributed by atoms with Gasteiger partial charge in [0, 0.05) is 19.2 Å². The lowest BCUT2D eigenvalue weighted by atomic mass is 10.2. The minimum atomic E-state index is -0.550. The highest BCUT2D eigenvalue weighted by Crippen LogP contribution is 2.32. The molecule has 1 aliphatic rings. The second kappa shape index (κ2) is 7.51. The zero-order valence-electron chi connectivity index (χ0n) is 14.2. The molecule has 0 saturated heterocycles. The molecule has 1 aromatic rings. The van der Waals surface area contributed by atoms with Crippen LogP contribution < -0.4 is 15.0 Å². The molecule has 0 spiro atoms. The molecule has 24 heavy (non-hydrogen) atoms. The number of nitrogens with one attached hydrogen (secondary N) is 1. The first-order valence-electron chi connectivity index (χ1n) is 7.96. The Kier molecular flexibility index (Phi) is 5.64. The van der Waals surface area contributed by atoms with Crippen molar-refractivity contribution in [3.05, 3.63) is 24.0 Å². The van der Waals surface area contributed by atoms with Crippen LogP contribution in [0.4, 0.5) is 14.9 Å². The molecule has 0 aromatic heterocycles. The third kappa shape index (κ3) is 5.11. The molecule has 1 N–H and O–H groups in total. The highest BCUT2D eigenvalue weighted by molar-refractivity contribution is 5.95. The van der Waals surface area contributed by atoms with Gasteiger partial charge in [0.15, 0.2) is 0 Å². The van der Waals surface area contributed by atoms with E-state index in [1.807, 2.05) is 0 Å². The Morgan fingerprint density at radius 2 is 2.17 bits per heavy atom. The Bertz CT molecular complexity index is 613. The average molecular weight is 338 g/mol. The predicted octanol–water partition coefficient (Wildman–Crippen LogP) is 2.86. The first kappa shape index (κ1) is 18.0. The topological polar surface area (TPSA) is 67.9 Å². The van der Waals surface area contributed by atoms with Crippen molar-refractivity contribution in [2.75, 3.05) is 24.6 Å². The molecule has 6 nitrogen and oxygen atoms in total. The summed E-state index contributed by atoms with van der Waals surface area (Å²) in [4.78, 5) is 25.4. The third-order valence-corrected chi connectivity index (χ3v) is 3.31. The van der Waals surface area contributed by atoms with Crippen LogP contribution in [0.15, 0.2) is 18.2 Å². The number of rotatable bonds is 4. The smallest absolute Gasteiger partial charge is 0.407 e. The molecule has 0 aliphatic carbocycles. The lowest BCUT2D eigenvalue weighted by Gasteiger charge is -2.22. The standard InChI is InChI=1S/C17H23FN2O4/c1-17(2,3)24-16(22)19-8-4-9-20-13-6-5-12(18)11-14(13)23-10-7-15(20)21/h5-6,11H,4,7-10H2,1-3H3,(H,19,22). The number of benzene rings is 1. The zero-order valence-corrected chi connectivity index (χ0v) is 14.2. The Balaban J connectivity index is 1.92. The molecule has 132 valence electrons. The van der Waals surface area contributed by atoms with Gasteiger partial charge < -0.3 is 19.7 Å². The average Bonchev–Trinajstić information content (AvgIpc) is 2.60. The van der Waals surface area contributed by atoms with Gasteiger partial charge >= 0.3 is 6.09 Å². The summed E-state index contributed by atoms with van der Waals surface area (Å²) in [5.41, 5.74) is 0.00160. The van der Waals surface area contributed by atoms with Gasteiger partial charge in [-0.2, -0.15) is 0 Å². The van der Waals surface area contributed by atoms with Gasteiger partial charge in [0.2, 0.25) is 5.91 Å². The molecule has 7 heteroatoms. The maximum Gasteiger partial charge on any atom is 0.407 e. The van der Waals surface area contributed by atoms with Crippen LogP contribution in [-0.2, 0) is 9.53 Å². The van der Waals surface area contributed by atoms with E-state index in [0.29, 0.717) is 30.9 Å². The Morgan fingerprint density at radius 3 is 2.88 bits per heavy atom. The monoisotopic (exact) mass is 338 g/mol. The Morgan fingerprint density at radius 1 is 1.42 bits per heavy atom. The summed E-state index contributed by atoms with van der Waals surface area (Å²) in [6.07, 6.45) is 0.285. The maximum absolute atomic E-state index is 13.3. The summed E-state index contributed by atoms with van der Waals surface area (Å²) in [5.74, 6) is -0.131. The molecule has 0 fully saturated rings. The minimum absolute atomic E-state index is 0.0855. The van der Waals surface area contributed by atoms with Gasteiger partial charge in [-0.15, -0.1) is 0 Å². The number of hydrogen-bond acceptors (Lipinski definition) is 4. The second-order valence-corrected chi connectivity index (χ2v) is 6.54. The molecule has 0 saturated carbocycles. The van der Waals surface area contributed by atoms with Crippen molar-refractivity contribution in [2.24, 2.45) is 0 Å². The summed E-state index contributed by atoms with van der Waals surface area (Å²) in [6.45, 7) is 6.37. The lowest BCUT2D eigenvalue weighted by molar-refractivity contribution is -0.118. The molecule has 2 amide bonds. The number of hydrogen-bond donors (Lipinski definition) is 1. The maximum atomic E-state index is 13.3. The predicted molar refractivity (Wildman–Crippen MR) is 87.7 cm³/mol. The molecule has 1 aliphatic heterocycles. The molecule has 2 rings (SSSR count). The fraction of sp³-hybridized carbons (Fsp3) is 0.529. The van der Waals surface area contributed by atoms with Crippen molar-refractivity contribution in [1.29, 1.82) is 0 Å². The van der Waals surface area contributed by atoms with E-state index in [4.69, 9.17) is 9.47 Å². The van der Waals surface area contributed by atoms with Gasteiger partial charge in [-0.05, 0) is 39.3 Å². The zero-order chi connectivity index (χ0) is 17.7. The fourth-order valence-corrected chi connectivity index (χ4v) is 2.33. The van der Waals surface area contributed by atoms with E-state index in [0.717, 1.165) is 0 Å². The van der Waals surface area contributed by atoms with Gasteiger partial charge in [-0.1, -0.05) is 0 Å². The van der Waals surface area contributed by atoms with Crippen LogP contribution in [-0.4, -0.2) is 37.3 Å². The van der Waals surface area contributed by atoms with Crippen LogP contribution in [0.1, 0.15) is 33.6 Å². The van der Waals surface area contributed by atoms with E-state index in [9.17, 15) is 14.0 Å². The van der Waals surface area contributed by atoms with Gasteiger partial charge in [-0.25, -0.2) is 9.18 Å². The van der Waals surface area contributed by atoms with Crippen LogP contribution in [0.25, 0.3) is 0 Å². The number of alkyl carbamates (subject to hydrolysis) is 1. The number of halogens is 1. The number of carbonyl (C=O) groups is 2.